The van der Waals surface area contributed by atoms with E-state index in [4.69, 9.17) is 4.42 Å². The van der Waals surface area contributed by atoms with Gasteiger partial charge in [-0.05, 0) is 87.7 Å². The lowest BCUT2D eigenvalue weighted by Gasteiger charge is -2.59. The van der Waals surface area contributed by atoms with Crippen molar-refractivity contribution in [3.63, 3.8) is 0 Å². The lowest BCUT2D eigenvalue weighted by molar-refractivity contribution is -0.136. The predicted molar refractivity (Wildman–Crippen MR) is 105 cm³/mol. The molecular formula is C22H29N3O4. The van der Waals surface area contributed by atoms with Crippen LogP contribution in [0.25, 0.3) is 0 Å². The fraction of sp³-hybridized carbons (Fsp3) is 0.682. The molecule has 156 valence electrons. The van der Waals surface area contributed by atoms with E-state index in [2.05, 4.69) is 17.6 Å². The van der Waals surface area contributed by atoms with Crippen LogP contribution < -0.4 is 10.6 Å². The number of rotatable bonds is 5. The average molecular weight is 399 g/mol. The average Bonchev–Trinajstić information content (AvgIpc) is 3.25. The van der Waals surface area contributed by atoms with Crippen LogP contribution in [0, 0.1) is 23.2 Å². The van der Waals surface area contributed by atoms with E-state index in [-0.39, 0.29) is 23.9 Å². The van der Waals surface area contributed by atoms with Crippen molar-refractivity contribution in [2.24, 2.45) is 23.2 Å². The second-order valence-electron chi connectivity index (χ2n) is 9.99. The van der Waals surface area contributed by atoms with Gasteiger partial charge in [-0.1, -0.05) is 0 Å². The summed E-state index contributed by atoms with van der Waals surface area (Å²) in [5, 5.41) is 5.79. The molecule has 5 aliphatic rings. The molecule has 6 rings (SSSR count). The van der Waals surface area contributed by atoms with Crippen molar-refractivity contribution >= 4 is 17.8 Å². The molecule has 7 heteroatoms. The van der Waals surface area contributed by atoms with E-state index in [1.807, 2.05) is 0 Å². The van der Waals surface area contributed by atoms with Crippen LogP contribution in [-0.2, 0) is 15.1 Å². The molecule has 4 amide bonds. The highest BCUT2D eigenvalue weighted by atomic mass is 16.3. The van der Waals surface area contributed by atoms with Crippen molar-refractivity contribution in [3.05, 3.63) is 24.2 Å². The summed E-state index contributed by atoms with van der Waals surface area (Å²) >= 11 is 0. The number of hydrogen-bond acceptors (Lipinski definition) is 4. The molecular weight excluding hydrogens is 370 g/mol. The largest absolute Gasteiger partial charge is 0.466 e. The molecule has 0 aromatic carbocycles. The molecule has 1 saturated heterocycles. The Bertz CT molecular complexity index is 813. The Morgan fingerprint density at radius 1 is 1.24 bits per heavy atom. The number of furan rings is 1. The molecule has 1 aliphatic heterocycles. The Labute approximate surface area is 170 Å². The predicted octanol–water partition coefficient (Wildman–Crippen LogP) is 2.77. The van der Waals surface area contributed by atoms with Crippen molar-refractivity contribution < 1.29 is 18.8 Å². The van der Waals surface area contributed by atoms with Crippen molar-refractivity contribution in [2.75, 3.05) is 6.54 Å². The van der Waals surface area contributed by atoms with E-state index in [1.165, 1.54) is 44.8 Å². The van der Waals surface area contributed by atoms with Crippen LogP contribution in [0.3, 0.4) is 0 Å². The molecule has 1 aromatic rings. The molecule has 2 heterocycles. The first kappa shape index (κ1) is 18.7. The van der Waals surface area contributed by atoms with Crippen LogP contribution >= 0.6 is 0 Å². The van der Waals surface area contributed by atoms with Crippen LogP contribution in [-0.4, -0.2) is 35.3 Å². The minimum Gasteiger partial charge on any atom is -0.466 e. The fourth-order valence-electron chi connectivity index (χ4n) is 6.86. The number of hydrogen-bond donors (Lipinski definition) is 2. The molecule has 4 aliphatic carbocycles. The van der Waals surface area contributed by atoms with E-state index in [1.54, 1.807) is 19.1 Å². The molecule has 2 N–H and O–H groups in total. The first-order chi connectivity index (χ1) is 13.8. The van der Waals surface area contributed by atoms with Gasteiger partial charge < -0.3 is 15.1 Å². The molecule has 29 heavy (non-hydrogen) atoms. The SMILES string of the molecule is CC(NC(=O)CN1C(=O)NC(C)(c2ccco2)C1=O)C12CC3CC(CC(C3)C1)C2. The van der Waals surface area contributed by atoms with Gasteiger partial charge in [0.05, 0.1) is 6.26 Å². The Morgan fingerprint density at radius 3 is 2.41 bits per heavy atom. The second-order valence-corrected chi connectivity index (χ2v) is 9.99. The van der Waals surface area contributed by atoms with E-state index < -0.39 is 17.5 Å². The highest BCUT2D eigenvalue weighted by molar-refractivity contribution is 6.08. The maximum absolute atomic E-state index is 12.9. The molecule has 5 fully saturated rings. The van der Waals surface area contributed by atoms with Crippen molar-refractivity contribution in [2.45, 2.75) is 64.0 Å². The summed E-state index contributed by atoms with van der Waals surface area (Å²) in [4.78, 5) is 39.1. The lowest BCUT2D eigenvalue weighted by Crippen LogP contribution is -2.57. The fourth-order valence-corrected chi connectivity index (χ4v) is 6.86. The number of carbonyl (C=O) groups excluding carboxylic acids is 3. The van der Waals surface area contributed by atoms with Crippen molar-refractivity contribution in [1.29, 1.82) is 0 Å². The summed E-state index contributed by atoms with van der Waals surface area (Å²) in [5.74, 6) is 2.04. The second kappa shape index (κ2) is 6.34. The zero-order chi connectivity index (χ0) is 20.4. The van der Waals surface area contributed by atoms with Gasteiger partial charge in [0.1, 0.15) is 12.3 Å². The van der Waals surface area contributed by atoms with E-state index in [0.717, 1.165) is 22.7 Å². The maximum Gasteiger partial charge on any atom is 0.325 e. The smallest absolute Gasteiger partial charge is 0.325 e. The van der Waals surface area contributed by atoms with Gasteiger partial charge in [0, 0.05) is 6.04 Å². The molecule has 1 aromatic heterocycles. The summed E-state index contributed by atoms with van der Waals surface area (Å²) in [6.45, 7) is 3.43. The molecule has 0 radical (unpaired) electrons. The van der Waals surface area contributed by atoms with E-state index in [0.29, 0.717) is 5.76 Å². The van der Waals surface area contributed by atoms with Gasteiger partial charge in [0.2, 0.25) is 5.91 Å². The Hall–Kier alpha value is -2.31. The highest BCUT2D eigenvalue weighted by Gasteiger charge is 2.54. The summed E-state index contributed by atoms with van der Waals surface area (Å²) < 4.78 is 5.33. The molecule has 4 bridgehead atoms. The third-order valence-electron chi connectivity index (χ3n) is 7.97. The van der Waals surface area contributed by atoms with Gasteiger partial charge in [-0.25, -0.2) is 4.79 Å². The summed E-state index contributed by atoms with van der Waals surface area (Å²) in [5.41, 5.74) is -1.09. The lowest BCUT2D eigenvalue weighted by atomic mass is 9.48. The third kappa shape index (κ3) is 2.89. The third-order valence-corrected chi connectivity index (χ3v) is 7.97. The minimum atomic E-state index is -1.27. The van der Waals surface area contributed by atoms with Gasteiger partial charge in [-0.15, -0.1) is 0 Å². The number of imide groups is 1. The molecule has 4 saturated carbocycles. The number of nitrogens with one attached hydrogen (secondary N) is 2. The summed E-state index contributed by atoms with van der Waals surface area (Å²) in [7, 11) is 0. The van der Waals surface area contributed by atoms with E-state index >= 15 is 0 Å². The van der Waals surface area contributed by atoms with Gasteiger partial charge in [0.15, 0.2) is 5.54 Å². The first-order valence-corrected chi connectivity index (χ1v) is 10.8. The minimum absolute atomic E-state index is 0.0561. The topological polar surface area (TPSA) is 91.7 Å². The quantitative estimate of drug-likeness (QED) is 0.745. The van der Waals surface area contributed by atoms with Crippen LogP contribution in [0.2, 0.25) is 0 Å². The van der Waals surface area contributed by atoms with Crippen LogP contribution in [0.15, 0.2) is 22.8 Å². The van der Waals surface area contributed by atoms with Gasteiger partial charge in [0.25, 0.3) is 5.91 Å². The van der Waals surface area contributed by atoms with Crippen LogP contribution in [0.4, 0.5) is 4.79 Å². The zero-order valence-electron chi connectivity index (χ0n) is 17.1. The Kier molecular flexibility index (Phi) is 4.09. The van der Waals surface area contributed by atoms with Gasteiger partial charge in [-0.2, -0.15) is 0 Å². The van der Waals surface area contributed by atoms with Gasteiger partial charge in [-0.3, -0.25) is 14.5 Å². The number of amides is 4. The van der Waals surface area contributed by atoms with Crippen LogP contribution in [0.5, 0.6) is 0 Å². The number of carbonyl (C=O) groups is 3. The maximum atomic E-state index is 12.9. The molecule has 2 unspecified atom stereocenters. The monoisotopic (exact) mass is 399 g/mol. The van der Waals surface area contributed by atoms with Crippen LogP contribution in [0.1, 0.15) is 58.1 Å². The Morgan fingerprint density at radius 2 is 1.86 bits per heavy atom. The van der Waals surface area contributed by atoms with Crippen molar-refractivity contribution in [1.82, 2.24) is 15.5 Å². The van der Waals surface area contributed by atoms with Crippen molar-refractivity contribution in [3.8, 4) is 0 Å². The molecule has 7 nitrogen and oxygen atoms in total. The van der Waals surface area contributed by atoms with E-state index in [9.17, 15) is 14.4 Å². The molecule has 2 atom stereocenters. The number of nitrogens with zero attached hydrogens (tertiary/aromatic N) is 1. The Balaban J connectivity index is 1.25. The summed E-state index contributed by atoms with van der Waals surface area (Å²) in [6, 6.07) is 2.81. The molecule has 0 spiro atoms. The van der Waals surface area contributed by atoms with Gasteiger partial charge >= 0.3 is 6.03 Å². The summed E-state index contributed by atoms with van der Waals surface area (Å²) in [6.07, 6.45) is 9.11. The first-order valence-electron chi connectivity index (χ1n) is 10.8. The number of urea groups is 1. The normalized spacial score (nSPS) is 39.0. The zero-order valence-corrected chi connectivity index (χ0v) is 17.1. The standard InChI is InChI=1S/C22H29N3O4/c1-13(22-9-14-6-15(10-22)8-16(7-14)11-22)23-18(26)12-25-19(27)21(2,24-20(25)28)17-4-3-5-29-17/h3-5,13-16H,6-12H2,1-2H3,(H,23,26)(H,24,28). The highest BCUT2D eigenvalue weighted by Crippen LogP contribution is 2.61.